The Hall–Kier alpha value is -1.60. The van der Waals surface area contributed by atoms with Gasteiger partial charge >= 0.3 is 5.97 Å². The Morgan fingerprint density at radius 3 is 2.87 bits per heavy atom. The van der Waals surface area contributed by atoms with Crippen LogP contribution < -0.4 is 0 Å². The van der Waals surface area contributed by atoms with Crippen LogP contribution in [-0.4, -0.2) is 57.4 Å². The third kappa shape index (κ3) is 3.35. The number of carboxylic acids is 1. The number of hydrogen-bond donors (Lipinski definition) is 2. The maximum atomic E-state index is 12.8. The van der Waals surface area contributed by atoms with Gasteiger partial charge in [0.2, 0.25) is 0 Å². The van der Waals surface area contributed by atoms with E-state index in [1.54, 1.807) is 18.3 Å². The number of aliphatic hydroxyl groups excluding tert-OH is 1. The third-order valence-electron chi connectivity index (χ3n) is 4.39. The number of amides is 1. The van der Waals surface area contributed by atoms with Crippen molar-refractivity contribution in [2.24, 2.45) is 5.41 Å². The molecule has 7 heteroatoms. The van der Waals surface area contributed by atoms with Crippen molar-refractivity contribution in [2.75, 3.05) is 19.3 Å². The molecule has 0 bridgehead atoms. The lowest BCUT2D eigenvalue weighted by molar-refractivity contribution is -0.162. The highest BCUT2D eigenvalue weighted by molar-refractivity contribution is 7.98. The molecule has 0 radical (unpaired) electrons. The van der Waals surface area contributed by atoms with Crippen molar-refractivity contribution in [3.8, 4) is 0 Å². The van der Waals surface area contributed by atoms with Crippen LogP contribution >= 0.6 is 11.8 Å². The Bertz CT molecular complexity index is 595. The second-order valence-electron chi connectivity index (χ2n) is 5.80. The summed E-state index contributed by atoms with van der Waals surface area (Å²) in [6.07, 6.45) is 3.79. The Morgan fingerprint density at radius 2 is 2.26 bits per heavy atom. The molecular weight excluding hydrogens is 316 g/mol. The zero-order valence-corrected chi connectivity index (χ0v) is 14.2. The van der Waals surface area contributed by atoms with E-state index in [1.807, 2.05) is 13.2 Å². The van der Waals surface area contributed by atoms with Gasteiger partial charge in [-0.25, -0.2) is 4.98 Å². The monoisotopic (exact) mass is 338 g/mol. The van der Waals surface area contributed by atoms with Crippen LogP contribution in [0.15, 0.2) is 23.4 Å². The summed E-state index contributed by atoms with van der Waals surface area (Å²) in [5.41, 5.74) is -0.808. The minimum Gasteiger partial charge on any atom is -0.481 e. The summed E-state index contributed by atoms with van der Waals surface area (Å²) in [5.74, 6) is -1.27. The molecule has 6 nitrogen and oxygen atoms in total. The summed E-state index contributed by atoms with van der Waals surface area (Å²) in [7, 11) is 0. The number of carbonyl (C=O) groups excluding carboxylic acids is 1. The number of piperidine rings is 1. The molecule has 0 aliphatic carbocycles. The van der Waals surface area contributed by atoms with Crippen LogP contribution in [0.3, 0.4) is 0 Å². The first kappa shape index (κ1) is 17.7. The number of aliphatic hydroxyl groups is 1. The van der Waals surface area contributed by atoms with Crippen LogP contribution in [0, 0.1) is 5.41 Å². The zero-order valence-electron chi connectivity index (χ0n) is 13.4. The first-order valence-electron chi connectivity index (χ1n) is 7.66. The summed E-state index contributed by atoms with van der Waals surface area (Å²) in [4.78, 5) is 30.3. The molecule has 2 atom stereocenters. The van der Waals surface area contributed by atoms with Gasteiger partial charge in [-0.15, -0.1) is 11.8 Å². The smallest absolute Gasteiger partial charge is 0.314 e. The number of thioether (sulfide) groups is 1. The maximum Gasteiger partial charge on any atom is 0.314 e. The molecule has 0 spiro atoms. The van der Waals surface area contributed by atoms with Crippen molar-refractivity contribution in [3.05, 3.63) is 23.9 Å². The Labute approximate surface area is 139 Å². The van der Waals surface area contributed by atoms with Gasteiger partial charge in [0.25, 0.3) is 5.91 Å². The lowest BCUT2D eigenvalue weighted by atomic mass is 9.74. The van der Waals surface area contributed by atoms with Crippen LogP contribution in [0.25, 0.3) is 0 Å². The topological polar surface area (TPSA) is 90.7 Å². The molecule has 1 fully saturated rings. The predicted molar refractivity (Wildman–Crippen MR) is 87.5 cm³/mol. The van der Waals surface area contributed by atoms with Crippen LogP contribution in [0.2, 0.25) is 0 Å². The average molecular weight is 338 g/mol. The van der Waals surface area contributed by atoms with Crippen molar-refractivity contribution in [1.82, 2.24) is 9.88 Å². The molecule has 1 aromatic heterocycles. The second-order valence-corrected chi connectivity index (χ2v) is 6.60. The number of likely N-dealkylation sites (tertiary alicyclic amines) is 1. The molecule has 0 saturated carbocycles. The fourth-order valence-corrected chi connectivity index (χ4v) is 3.69. The standard InChI is InChI=1S/C16H22N2O4S/c1-3-7-16(15(21)22)10-18(9-6-12(16)19)14(20)11-5-4-8-17-13(11)23-2/h4-5,8,12,19H,3,6-7,9-10H2,1-2H3,(H,21,22)/t12-,16+/m0/s1. The van der Waals surface area contributed by atoms with Crippen molar-refractivity contribution in [3.63, 3.8) is 0 Å². The van der Waals surface area contributed by atoms with Crippen molar-refractivity contribution in [1.29, 1.82) is 0 Å². The molecule has 1 aliphatic heterocycles. The van der Waals surface area contributed by atoms with Gasteiger partial charge in [-0.3, -0.25) is 9.59 Å². The highest BCUT2D eigenvalue weighted by atomic mass is 32.2. The maximum absolute atomic E-state index is 12.8. The molecule has 1 aromatic rings. The molecule has 126 valence electrons. The van der Waals surface area contributed by atoms with E-state index in [9.17, 15) is 19.8 Å². The van der Waals surface area contributed by atoms with Crippen molar-refractivity contribution >= 4 is 23.6 Å². The fraction of sp³-hybridized carbons (Fsp3) is 0.562. The van der Waals surface area contributed by atoms with E-state index in [-0.39, 0.29) is 18.9 Å². The predicted octanol–water partition coefficient (Wildman–Crippen LogP) is 1.88. The van der Waals surface area contributed by atoms with Gasteiger partial charge in [0.1, 0.15) is 10.4 Å². The van der Waals surface area contributed by atoms with E-state index in [0.29, 0.717) is 30.0 Å². The van der Waals surface area contributed by atoms with Crippen molar-refractivity contribution < 1.29 is 19.8 Å². The van der Waals surface area contributed by atoms with Gasteiger partial charge in [0.05, 0.1) is 11.7 Å². The molecular formula is C16H22N2O4S. The first-order chi connectivity index (χ1) is 11.0. The number of aromatic nitrogens is 1. The van der Waals surface area contributed by atoms with E-state index >= 15 is 0 Å². The normalized spacial score (nSPS) is 24.5. The highest BCUT2D eigenvalue weighted by Crippen LogP contribution is 2.36. The van der Waals surface area contributed by atoms with Crippen LogP contribution in [-0.2, 0) is 4.79 Å². The molecule has 1 saturated heterocycles. The Balaban J connectivity index is 2.30. The fourth-order valence-electron chi connectivity index (χ4n) is 3.15. The first-order valence-corrected chi connectivity index (χ1v) is 8.88. The number of carbonyl (C=O) groups is 2. The average Bonchev–Trinajstić information content (AvgIpc) is 2.56. The molecule has 23 heavy (non-hydrogen) atoms. The van der Waals surface area contributed by atoms with E-state index in [1.165, 1.54) is 16.7 Å². The molecule has 1 amide bonds. The summed E-state index contributed by atoms with van der Waals surface area (Å²) in [6, 6.07) is 3.40. The van der Waals surface area contributed by atoms with E-state index in [2.05, 4.69) is 4.98 Å². The van der Waals surface area contributed by atoms with Gasteiger partial charge in [-0.05, 0) is 31.2 Å². The van der Waals surface area contributed by atoms with Gasteiger partial charge < -0.3 is 15.1 Å². The summed E-state index contributed by atoms with van der Waals surface area (Å²) < 4.78 is 0. The Kier molecular flexibility index (Phi) is 5.64. The zero-order chi connectivity index (χ0) is 17.0. The largest absolute Gasteiger partial charge is 0.481 e. The number of carboxylic acid groups (broad SMARTS) is 1. The highest BCUT2D eigenvalue weighted by Gasteiger charge is 2.49. The minimum atomic E-state index is -1.29. The molecule has 0 unspecified atom stereocenters. The lowest BCUT2D eigenvalue weighted by Crippen LogP contribution is -2.57. The number of pyridine rings is 1. The molecule has 2 rings (SSSR count). The van der Waals surface area contributed by atoms with E-state index in [0.717, 1.165) is 0 Å². The van der Waals surface area contributed by atoms with E-state index < -0.39 is 17.5 Å². The molecule has 0 aromatic carbocycles. The third-order valence-corrected chi connectivity index (χ3v) is 5.10. The van der Waals surface area contributed by atoms with E-state index in [4.69, 9.17) is 0 Å². The summed E-state index contributed by atoms with van der Waals surface area (Å²) in [5, 5.41) is 20.5. The second kappa shape index (κ2) is 7.31. The molecule has 1 aliphatic rings. The lowest BCUT2D eigenvalue weighted by Gasteiger charge is -2.43. The van der Waals surface area contributed by atoms with Gasteiger partial charge in [-0.1, -0.05) is 13.3 Å². The van der Waals surface area contributed by atoms with Crippen LogP contribution in [0.4, 0.5) is 0 Å². The summed E-state index contributed by atoms with van der Waals surface area (Å²) >= 11 is 1.38. The number of aliphatic carboxylic acids is 1. The van der Waals surface area contributed by atoms with Crippen LogP contribution in [0.1, 0.15) is 36.5 Å². The number of rotatable bonds is 5. The van der Waals surface area contributed by atoms with Gasteiger partial charge in [0.15, 0.2) is 0 Å². The minimum absolute atomic E-state index is 0.0267. The summed E-state index contributed by atoms with van der Waals surface area (Å²) in [6.45, 7) is 2.26. The van der Waals surface area contributed by atoms with Crippen LogP contribution in [0.5, 0.6) is 0 Å². The molecule has 2 heterocycles. The number of hydrogen-bond acceptors (Lipinski definition) is 5. The Morgan fingerprint density at radius 1 is 1.52 bits per heavy atom. The quantitative estimate of drug-likeness (QED) is 0.797. The van der Waals surface area contributed by atoms with Gasteiger partial charge in [0, 0.05) is 19.3 Å². The molecule has 2 N–H and O–H groups in total. The van der Waals surface area contributed by atoms with Crippen molar-refractivity contribution in [2.45, 2.75) is 37.3 Å². The van der Waals surface area contributed by atoms with Gasteiger partial charge in [-0.2, -0.15) is 0 Å². The number of nitrogens with zero attached hydrogens (tertiary/aromatic N) is 2. The SMILES string of the molecule is CCC[C@@]1(C(=O)O)CN(C(=O)c2cccnc2SC)CC[C@@H]1O.